The molecule has 6 nitrogen and oxygen atoms in total. The lowest BCUT2D eigenvalue weighted by Gasteiger charge is -2.31. The van der Waals surface area contributed by atoms with E-state index >= 15 is 0 Å². The molecule has 0 aromatic carbocycles. The Kier molecular flexibility index (Phi) is 4.76. The fourth-order valence-corrected chi connectivity index (χ4v) is 2.35. The summed E-state index contributed by atoms with van der Waals surface area (Å²) in [6.45, 7) is 6.90. The number of aromatic nitrogens is 1. The van der Waals surface area contributed by atoms with Gasteiger partial charge in [-0.25, -0.2) is 4.98 Å². The third-order valence-electron chi connectivity index (χ3n) is 3.67. The van der Waals surface area contributed by atoms with E-state index in [4.69, 9.17) is 0 Å². The molecular weight excluding hydrogens is 256 g/mol. The molecule has 0 saturated carbocycles. The van der Waals surface area contributed by atoms with E-state index < -0.39 is 0 Å². The van der Waals surface area contributed by atoms with Crippen LogP contribution < -0.4 is 10.2 Å². The molecule has 1 fully saturated rings. The minimum Gasteiger partial charge on any atom is -0.370 e. The maximum absolute atomic E-state index is 11.0. The Morgan fingerprint density at radius 2 is 2.15 bits per heavy atom. The first-order valence-electron chi connectivity index (χ1n) is 7.25. The average Bonchev–Trinajstić information content (AvgIpc) is 2.45. The Morgan fingerprint density at radius 1 is 1.45 bits per heavy atom. The van der Waals surface area contributed by atoms with E-state index in [1.807, 2.05) is 0 Å². The van der Waals surface area contributed by atoms with Crippen molar-refractivity contribution in [2.45, 2.75) is 33.1 Å². The minimum atomic E-state index is -0.352. The van der Waals surface area contributed by atoms with Gasteiger partial charge in [-0.15, -0.1) is 0 Å². The number of nitrogens with zero attached hydrogens (tertiary/aromatic N) is 3. The molecule has 1 aromatic rings. The van der Waals surface area contributed by atoms with Crippen molar-refractivity contribution in [3.05, 3.63) is 22.2 Å². The lowest BCUT2D eigenvalue weighted by atomic mass is 9.99. The molecule has 0 atom stereocenters. The number of pyridine rings is 1. The van der Waals surface area contributed by atoms with Crippen LogP contribution in [0.4, 0.5) is 17.3 Å². The molecule has 0 amide bonds. The van der Waals surface area contributed by atoms with Crippen LogP contribution in [-0.4, -0.2) is 29.5 Å². The molecule has 2 rings (SSSR count). The monoisotopic (exact) mass is 278 g/mol. The molecule has 110 valence electrons. The Labute approximate surface area is 119 Å². The molecule has 20 heavy (non-hydrogen) atoms. The summed E-state index contributed by atoms with van der Waals surface area (Å²) in [4.78, 5) is 17.3. The molecule has 1 aliphatic rings. The number of hydrogen-bond acceptors (Lipinski definition) is 5. The van der Waals surface area contributed by atoms with Crippen LogP contribution in [-0.2, 0) is 0 Å². The maximum atomic E-state index is 11.0. The van der Waals surface area contributed by atoms with Crippen LogP contribution in [0.1, 0.15) is 33.1 Å². The normalized spacial score (nSPS) is 16.2. The Balaban J connectivity index is 2.22. The van der Waals surface area contributed by atoms with Gasteiger partial charge in [-0.1, -0.05) is 13.8 Å². The summed E-state index contributed by atoms with van der Waals surface area (Å²) in [5, 5.41) is 14.2. The van der Waals surface area contributed by atoms with Crippen LogP contribution in [0.5, 0.6) is 0 Å². The SMILES string of the molecule is CCCNc1cc([N+](=O)[O-])cc(N2CCC(C)CC2)n1. The van der Waals surface area contributed by atoms with E-state index in [9.17, 15) is 10.1 Å². The van der Waals surface area contributed by atoms with E-state index in [-0.39, 0.29) is 10.6 Å². The Hall–Kier alpha value is -1.85. The van der Waals surface area contributed by atoms with E-state index in [2.05, 4.69) is 29.0 Å². The number of rotatable bonds is 5. The van der Waals surface area contributed by atoms with Gasteiger partial charge in [-0.2, -0.15) is 0 Å². The van der Waals surface area contributed by atoms with E-state index in [1.165, 1.54) is 6.07 Å². The summed E-state index contributed by atoms with van der Waals surface area (Å²) in [5.41, 5.74) is 0.104. The fourth-order valence-electron chi connectivity index (χ4n) is 2.35. The van der Waals surface area contributed by atoms with Gasteiger partial charge in [-0.3, -0.25) is 10.1 Å². The van der Waals surface area contributed by atoms with E-state index in [0.717, 1.165) is 44.8 Å². The van der Waals surface area contributed by atoms with Gasteiger partial charge in [0.25, 0.3) is 5.69 Å². The summed E-state index contributed by atoms with van der Waals surface area (Å²) in [7, 11) is 0. The maximum Gasteiger partial charge on any atom is 0.276 e. The number of piperidine rings is 1. The van der Waals surface area contributed by atoms with Gasteiger partial charge in [0, 0.05) is 19.6 Å². The largest absolute Gasteiger partial charge is 0.370 e. The van der Waals surface area contributed by atoms with Crippen LogP contribution in [0.3, 0.4) is 0 Å². The second-order valence-electron chi connectivity index (χ2n) is 5.42. The highest BCUT2D eigenvalue weighted by Crippen LogP contribution is 2.26. The lowest BCUT2D eigenvalue weighted by molar-refractivity contribution is -0.384. The highest BCUT2D eigenvalue weighted by molar-refractivity contribution is 5.56. The molecule has 1 N–H and O–H groups in total. The van der Waals surface area contributed by atoms with Crippen LogP contribution >= 0.6 is 0 Å². The molecule has 1 aliphatic heterocycles. The van der Waals surface area contributed by atoms with E-state index in [1.54, 1.807) is 6.07 Å². The number of nitrogens with one attached hydrogen (secondary N) is 1. The smallest absolute Gasteiger partial charge is 0.276 e. The molecule has 1 aromatic heterocycles. The summed E-state index contributed by atoms with van der Waals surface area (Å²) >= 11 is 0. The van der Waals surface area contributed by atoms with Crippen molar-refractivity contribution in [2.24, 2.45) is 5.92 Å². The molecule has 0 spiro atoms. The third kappa shape index (κ3) is 3.59. The second-order valence-corrected chi connectivity index (χ2v) is 5.42. The zero-order valence-corrected chi connectivity index (χ0v) is 12.1. The summed E-state index contributed by atoms with van der Waals surface area (Å²) in [5.74, 6) is 2.03. The lowest BCUT2D eigenvalue weighted by Crippen LogP contribution is -2.33. The molecule has 1 saturated heterocycles. The van der Waals surface area contributed by atoms with Crippen molar-refractivity contribution in [3.63, 3.8) is 0 Å². The van der Waals surface area contributed by atoms with Crippen molar-refractivity contribution < 1.29 is 4.92 Å². The number of hydrogen-bond donors (Lipinski definition) is 1. The van der Waals surface area contributed by atoms with E-state index in [0.29, 0.717) is 11.6 Å². The summed E-state index contributed by atoms with van der Waals surface area (Å²) < 4.78 is 0. The highest BCUT2D eigenvalue weighted by atomic mass is 16.6. The molecule has 2 heterocycles. The van der Waals surface area contributed by atoms with Gasteiger partial charge in [0.2, 0.25) is 0 Å². The van der Waals surface area contributed by atoms with Gasteiger partial charge < -0.3 is 10.2 Å². The van der Waals surface area contributed by atoms with Gasteiger partial charge in [0.05, 0.1) is 17.1 Å². The molecule has 0 bridgehead atoms. The van der Waals surface area contributed by atoms with Crippen molar-refractivity contribution in [2.75, 3.05) is 29.9 Å². The van der Waals surface area contributed by atoms with Crippen molar-refractivity contribution >= 4 is 17.3 Å². The quantitative estimate of drug-likeness (QED) is 0.662. The molecule has 0 radical (unpaired) electrons. The number of anilines is 2. The fraction of sp³-hybridized carbons (Fsp3) is 0.643. The van der Waals surface area contributed by atoms with Gasteiger partial charge >= 0.3 is 0 Å². The topological polar surface area (TPSA) is 71.3 Å². The summed E-state index contributed by atoms with van der Waals surface area (Å²) in [6.07, 6.45) is 3.19. The molecule has 6 heteroatoms. The number of nitro groups is 1. The summed E-state index contributed by atoms with van der Waals surface area (Å²) in [6, 6.07) is 3.08. The molecular formula is C14H22N4O2. The van der Waals surface area contributed by atoms with Crippen LogP contribution in [0.15, 0.2) is 12.1 Å². The van der Waals surface area contributed by atoms with Crippen molar-refractivity contribution in [1.82, 2.24) is 4.98 Å². The zero-order valence-electron chi connectivity index (χ0n) is 12.1. The molecule has 0 aliphatic carbocycles. The first kappa shape index (κ1) is 14.6. The average molecular weight is 278 g/mol. The van der Waals surface area contributed by atoms with Crippen molar-refractivity contribution in [3.8, 4) is 0 Å². The van der Waals surface area contributed by atoms with Gasteiger partial charge in [0.15, 0.2) is 0 Å². The Bertz CT molecular complexity index is 470. The first-order valence-corrected chi connectivity index (χ1v) is 7.25. The molecule has 0 unspecified atom stereocenters. The standard InChI is InChI=1S/C14H22N4O2/c1-3-6-15-13-9-12(18(19)20)10-14(16-13)17-7-4-11(2)5-8-17/h9-11H,3-8H2,1-2H3,(H,15,16). The van der Waals surface area contributed by atoms with Crippen LogP contribution in [0.25, 0.3) is 0 Å². The van der Waals surface area contributed by atoms with Gasteiger partial charge in [-0.05, 0) is 25.2 Å². The van der Waals surface area contributed by atoms with Crippen LogP contribution in [0, 0.1) is 16.0 Å². The van der Waals surface area contributed by atoms with Gasteiger partial charge in [0.1, 0.15) is 11.6 Å². The second kappa shape index (κ2) is 6.54. The highest BCUT2D eigenvalue weighted by Gasteiger charge is 2.20. The van der Waals surface area contributed by atoms with Crippen molar-refractivity contribution in [1.29, 1.82) is 0 Å². The van der Waals surface area contributed by atoms with Crippen LogP contribution in [0.2, 0.25) is 0 Å². The minimum absolute atomic E-state index is 0.104. The predicted molar refractivity (Wildman–Crippen MR) is 80.3 cm³/mol. The Morgan fingerprint density at radius 3 is 2.75 bits per heavy atom. The zero-order chi connectivity index (χ0) is 14.5. The first-order chi connectivity index (χ1) is 9.60. The third-order valence-corrected chi connectivity index (χ3v) is 3.67. The predicted octanol–water partition coefficient (Wildman–Crippen LogP) is 3.05.